The molecule has 32 heavy (non-hydrogen) atoms. The Bertz CT molecular complexity index is 1020. The van der Waals surface area contributed by atoms with Crippen LogP contribution in [-0.2, 0) is 20.7 Å². The summed E-state index contributed by atoms with van der Waals surface area (Å²) in [5.41, 5.74) is -0.871. The maximum Gasteiger partial charge on any atom is 0.306 e. The Hall–Kier alpha value is -2.46. The van der Waals surface area contributed by atoms with Crippen molar-refractivity contribution in [1.29, 1.82) is 0 Å². The van der Waals surface area contributed by atoms with Crippen molar-refractivity contribution in [3.63, 3.8) is 0 Å². The third kappa shape index (κ3) is 5.47. The van der Waals surface area contributed by atoms with Crippen LogP contribution in [-0.4, -0.2) is 41.3 Å². The summed E-state index contributed by atoms with van der Waals surface area (Å²) in [7, 11) is 1.34. The number of ketones is 1. The molecule has 0 saturated heterocycles. The van der Waals surface area contributed by atoms with Gasteiger partial charge in [-0.2, -0.15) is 0 Å². The zero-order chi connectivity index (χ0) is 23.3. The molecule has 1 aliphatic rings. The molecule has 0 spiro atoms. The Labute approximate surface area is 193 Å². The molecule has 1 unspecified atom stereocenters. The molecule has 1 aliphatic carbocycles. The third-order valence-corrected chi connectivity index (χ3v) is 7.25. The Morgan fingerprint density at radius 2 is 2.06 bits per heavy atom. The minimum absolute atomic E-state index is 0.0269. The molecule has 0 bridgehead atoms. The van der Waals surface area contributed by atoms with E-state index in [1.807, 2.05) is 12.1 Å². The SMILES string of the molecule is COC(=O)CCC#CC[C@H]1C(=O)C(C)(C)[C@@H](O)[C@@H]1/C=C/C(O)Cc1cc2ccccc2s1. The van der Waals surface area contributed by atoms with Gasteiger partial charge in [-0.3, -0.25) is 9.59 Å². The van der Waals surface area contributed by atoms with E-state index in [2.05, 4.69) is 34.8 Å². The van der Waals surface area contributed by atoms with Gasteiger partial charge in [-0.25, -0.2) is 0 Å². The Kier molecular flexibility index (Phi) is 7.89. The average molecular weight is 455 g/mol. The van der Waals surface area contributed by atoms with Crippen molar-refractivity contribution in [2.45, 2.75) is 51.7 Å². The molecular formula is C26H30O5S. The first-order chi connectivity index (χ1) is 15.2. The van der Waals surface area contributed by atoms with Crippen molar-refractivity contribution < 1.29 is 24.5 Å². The summed E-state index contributed by atoms with van der Waals surface area (Å²) in [6, 6.07) is 10.2. The second kappa shape index (κ2) is 10.4. The molecular weight excluding hydrogens is 424 g/mol. The maximum atomic E-state index is 12.9. The van der Waals surface area contributed by atoms with E-state index in [0.717, 1.165) is 10.3 Å². The molecule has 1 saturated carbocycles. The first-order valence-corrected chi connectivity index (χ1v) is 11.6. The number of Topliss-reactive ketones (excluding diaryl/α,β-unsaturated/α-hetero) is 1. The summed E-state index contributed by atoms with van der Waals surface area (Å²) < 4.78 is 5.78. The number of hydrogen-bond donors (Lipinski definition) is 2. The van der Waals surface area contributed by atoms with Crippen LogP contribution in [0.1, 0.15) is 38.0 Å². The first-order valence-electron chi connectivity index (χ1n) is 10.8. The summed E-state index contributed by atoms with van der Waals surface area (Å²) in [5, 5.41) is 22.5. The highest BCUT2D eigenvalue weighted by atomic mass is 32.1. The van der Waals surface area contributed by atoms with Crippen molar-refractivity contribution in [2.75, 3.05) is 7.11 Å². The fraction of sp³-hybridized carbons (Fsp3) is 0.462. The number of aliphatic hydroxyl groups is 2. The molecule has 4 atom stereocenters. The summed E-state index contributed by atoms with van der Waals surface area (Å²) in [4.78, 5) is 25.2. The van der Waals surface area contributed by atoms with Crippen LogP contribution in [0.25, 0.3) is 10.1 Å². The highest BCUT2D eigenvalue weighted by Gasteiger charge is 2.53. The number of benzene rings is 1. The van der Waals surface area contributed by atoms with Crippen LogP contribution >= 0.6 is 11.3 Å². The zero-order valence-electron chi connectivity index (χ0n) is 18.7. The lowest BCUT2D eigenvalue weighted by atomic mass is 9.86. The van der Waals surface area contributed by atoms with Crippen molar-refractivity contribution in [1.82, 2.24) is 0 Å². The van der Waals surface area contributed by atoms with Crippen molar-refractivity contribution in [3.05, 3.63) is 47.4 Å². The van der Waals surface area contributed by atoms with Crippen LogP contribution in [0, 0.1) is 29.1 Å². The predicted octanol–water partition coefficient (Wildman–Crippen LogP) is 3.91. The smallest absolute Gasteiger partial charge is 0.306 e. The lowest BCUT2D eigenvalue weighted by Gasteiger charge is -2.22. The Morgan fingerprint density at radius 1 is 1.31 bits per heavy atom. The number of ether oxygens (including phenoxy) is 1. The number of methoxy groups -OCH3 is 1. The molecule has 5 nitrogen and oxygen atoms in total. The predicted molar refractivity (Wildman–Crippen MR) is 126 cm³/mol. The van der Waals surface area contributed by atoms with Gasteiger partial charge in [-0.05, 0) is 17.5 Å². The molecule has 1 aromatic carbocycles. The van der Waals surface area contributed by atoms with Gasteiger partial charge in [0.05, 0.1) is 31.2 Å². The van der Waals surface area contributed by atoms with Crippen LogP contribution in [0.15, 0.2) is 42.5 Å². The minimum Gasteiger partial charge on any atom is -0.469 e. The molecule has 170 valence electrons. The zero-order valence-corrected chi connectivity index (χ0v) is 19.5. The standard InChI is InChI=1S/C26H30O5S/c1-26(2)24(29)20(10-5-4-6-12-23(28)31-3)21(25(26)30)14-13-18(27)16-19-15-17-9-7-8-11-22(17)32-19/h7-9,11,13-15,18,20-21,25,27,30H,6,10,12,16H2,1-3H3/b14-13+/t18?,20-,21-,25+/m1/s1. The van der Waals surface area contributed by atoms with Gasteiger partial charge in [0.1, 0.15) is 5.78 Å². The van der Waals surface area contributed by atoms with Gasteiger partial charge in [-0.1, -0.05) is 44.2 Å². The fourth-order valence-electron chi connectivity index (χ4n) is 4.17. The van der Waals surface area contributed by atoms with Gasteiger partial charge in [0.2, 0.25) is 0 Å². The van der Waals surface area contributed by atoms with Gasteiger partial charge in [0.15, 0.2) is 0 Å². The van der Waals surface area contributed by atoms with E-state index in [1.165, 1.54) is 11.8 Å². The summed E-state index contributed by atoms with van der Waals surface area (Å²) >= 11 is 1.66. The molecule has 0 amide bonds. The molecule has 2 aromatic rings. The highest BCUT2D eigenvalue weighted by molar-refractivity contribution is 7.19. The minimum atomic E-state index is -0.871. The second-order valence-corrected chi connectivity index (χ2v) is 9.92. The van der Waals surface area contributed by atoms with E-state index in [1.54, 1.807) is 37.3 Å². The quantitative estimate of drug-likeness (QED) is 0.377. The fourth-order valence-corrected chi connectivity index (χ4v) is 5.29. The lowest BCUT2D eigenvalue weighted by molar-refractivity contribution is -0.140. The molecule has 0 radical (unpaired) electrons. The van der Waals surface area contributed by atoms with Crippen molar-refractivity contribution in [2.24, 2.45) is 17.3 Å². The van der Waals surface area contributed by atoms with E-state index in [-0.39, 0.29) is 18.2 Å². The van der Waals surface area contributed by atoms with Gasteiger partial charge in [0, 0.05) is 40.7 Å². The summed E-state index contributed by atoms with van der Waals surface area (Å²) in [6.45, 7) is 3.50. The monoisotopic (exact) mass is 454 g/mol. The van der Waals surface area contributed by atoms with E-state index in [9.17, 15) is 19.8 Å². The largest absolute Gasteiger partial charge is 0.469 e. The van der Waals surface area contributed by atoms with Crippen molar-refractivity contribution >= 4 is 33.2 Å². The first kappa shape index (κ1) is 24.2. The lowest BCUT2D eigenvalue weighted by Crippen LogP contribution is -2.31. The number of rotatable bonds is 7. The number of hydrogen-bond acceptors (Lipinski definition) is 6. The normalized spacial score (nSPS) is 23.3. The molecule has 1 heterocycles. The topological polar surface area (TPSA) is 83.8 Å². The number of aliphatic hydroxyl groups excluding tert-OH is 2. The van der Waals surface area contributed by atoms with Crippen LogP contribution < -0.4 is 0 Å². The average Bonchev–Trinajstić information content (AvgIpc) is 3.24. The van der Waals surface area contributed by atoms with Gasteiger partial charge >= 0.3 is 5.97 Å². The van der Waals surface area contributed by atoms with Gasteiger partial charge in [0.25, 0.3) is 0 Å². The highest BCUT2D eigenvalue weighted by Crippen LogP contribution is 2.44. The van der Waals surface area contributed by atoms with Gasteiger partial charge in [-0.15, -0.1) is 23.2 Å². The summed E-state index contributed by atoms with van der Waals surface area (Å²) in [6.07, 6.45) is 3.28. The number of esters is 1. The molecule has 1 fully saturated rings. The van der Waals surface area contributed by atoms with E-state index in [0.29, 0.717) is 19.3 Å². The van der Waals surface area contributed by atoms with E-state index in [4.69, 9.17) is 0 Å². The molecule has 3 rings (SSSR count). The number of fused-ring (bicyclic) bond motifs is 1. The summed E-state index contributed by atoms with van der Waals surface area (Å²) in [5.74, 6) is 4.69. The van der Waals surface area contributed by atoms with Crippen LogP contribution in [0.2, 0.25) is 0 Å². The molecule has 6 heteroatoms. The van der Waals surface area contributed by atoms with Crippen LogP contribution in [0.3, 0.4) is 0 Å². The number of thiophene rings is 1. The van der Waals surface area contributed by atoms with Crippen molar-refractivity contribution in [3.8, 4) is 11.8 Å². The Balaban J connectivity index is 1.66. The molecule has 2 N–H and O–H groups in total. The van der Waals surface area contributed by atoms with Gasteiger partial charge < -0.3 is 14.9 Å². The second-order valence-electron chi connectivity index (χ2n) is 8.76. The Morgan fingerprint density at radius 3 is 2.78 bits per heavy atom. The van der Waals surface area contributed by atoms with E-state index < -0.39 is 29.5 Å². The van der Waals surface area contributed by atoms with Crippen LogP contribution in [0.5, 0.6) is 0 Å². The van der Waals surface area contributed by atoms with Crippen LogP contribution in [0.4, 0.5) is 0 Å². The maximum absolute atomic E-state index is 12.9. The third-order valence-electron chi connectivity index (χ3n) is 6.11. The number of carbonyl (C=O) groups excluding carboxylic acids is 2. The molecule has 1 aromatic heterocycles. The number of carbonyl (C=O) groups is 2. The molecule has 0 aliphatic heterocycles. The van der Waals surface area contributed by atoms with E-state index >= 15 is 0 Å².